The van der Waals surface area contributed by atoms with Crippen molar-refractivity contribution in [1.82, 2.24) is 0 Å². The van der Waals surface area contributed by atoms with E-state index in [4.69, 9.17) is 5.73 Å². The van der Waals surface area contributed by atoms with Crippen molar-refractivity contribution < 1.29 is 8.42 Å². The Morgan fingerprint density at radius 2 is 1.83 bits per heavy atom. The molecule has 1 aliphatic carbocycles. The lowest BCUT2D eigenvalue weighted by atomic mass is 9.85. The van der Waals surface area contributed by atoms with Crippen molar-refractivity contribution in [2.45, 2.75) is 70.8 Å². The smallest absolute Gasteiger partial charge is 0.150 e. The van der Waals surface area contributed by atoms with Crippen molar-refractivity contribution in [2.75, 3.05) is 11.5 Å². The third-order valence-corrected chi connectivity index (χ3v) is 5.93. The third-order valence-electron chi connectivity index (χ3n) is 4.14. The Labute approximate surface area is 112 Å². The summed E-state index contributed by atoms with van der Waals surface area (Å²) < 4.78 is 22.7. The van der Waals surface area contributed by atoms with Crippen molar-refractivity contribution in [1.29, 1.82) is 0 Å². The first kappa shape index (κ1) is 16.0. The van der Waals surface area contributed by atoms with Gasteiger partial charge in [0.25, 0.3) is 0 Å². The lowest BCUT2D eigenvalue weighted by Gasteiger charge is -2.22. The molecule has 0 amide bonds. The predicted molar refractivity (Wildman–Crippen MR) is 77.3 cm³/mol. The first-order valence-electron chi connectivity index (χ1n) is 7.49. The zero-order chi connectivity index (χ0) is 13.4. The lowest BCUT2D eigenvalue weighted by molar-refractivity contribution is 0.320. The summed E-state index contributed by atoms with van der Waals surface area (Å²) in [6.45, 7) is 1.71. The van der Waals surface area contributed by atoms with Crippen LogP contribution >= 0.6 is 0 Å². The molecule has 0 saturated heterocycles. The molecule has 0 aromatic carbocycles. The van der Waals surface area contributed by atoms with Gasteiger partial charge in [-0.3, -0.25) is 0 Å². The summed E-state index contributed by atoms with van der Waals surface area (Å²) in [5.74, 6) is 1.44. The second-order valence-corrected chi connectivity index (χ2v) is 8.19. The molecule has 18 heavy (non-hydrogen) atoms. The Kier molecular flexibility index (Phi) is 7.23. The van der Waals surface area contributed by atoms with Gasteiger partial charge in [0.1, 0.15) is 9.84 Å². The van der Waals surface area contributed by atoms with Gasteiger partial charge in [-0.25, -0.2) is 8.42 Å². The van der Waals surface area contributed by atoms with Crippen LogP contribution in [-0.2, 0) is 9.84 Å². The van der Waals surface area contributed by atoms with Crippen LogP contribution in [0.3, 0.4) is 0 Å². The minimum Gasteiger partial charge on any atom is -0.328 e. The maximum absolute atomic E-state index is 11.3. The highest BCUT2D eigenvalue weighted by molar-refractivity contribution is 7.91. The molecule has 1 saturated carbocycles. The average Bonchev–Trinajstić information content (AvgIpc) is 2.37. The Balaban J connectivity index is 2.08. The molecule has 108 valence electrons. The van der Waals surface area contributed by atoms with E-state index in [1.165, 1.54) is 38.5 Å². The maximum atomic E-state index is 11.3. The fourth-order valence-corrected chi connectivity index (χ4v) is 3.67. The van der Waals surface area contributed by atoms with Gasteiger partial charge in [0.05, 0.1) is 5.75 Å². The third kappa shape index (κ3) is 6.74. The molecular formula is C14H29NO2S. The average molecular weight is 275 g/mol. The minimum atomic E-state index is -2.81. The molecule has 1 aliphatic rings. The van der Waals surface area contributed by atoms with Gasteiger partial charge in [0.15, 0.2) is 0 Å². The molecule has 0 bridgehead atoms. The largest absolute Gasteiger partial charge is 0.328 e. The van der Waals surface area contributed by atoms with E-state index >= 15 is 0 Å². The van der Waals surface area contributed by atoms with Gasteiger partial charge >= 0.3 is 0 Å². The Bertz CT molecular complexity index is 308. The van der Waals surface area contributed by atoms with Crippen LogP contribution in [0.15, 0.2) is 0 Å². The topological polar surface area (TPSA) is 60.2 Å². The maximum Gasteiger partial charge on any atom is 0.150 e. The van der Waals surface area contributed by atoms with Gasteiger partial charge < -0.3 is 5.73 Å². The van der Waals surface area contributed by atoms with Crippen molar-refractivity contribution in [3.8, 4) is 0 Å². The zero-order valence-electron chi connectivity index (χ0n) is 11.7. The number of rotatable bonds is 8. The van der Waals surface area contributed by atoms with E-state index < -0.39 is 9.84 Å². The lowest BCUT2D eigenvalue weighted by Crippen LogP contribution is -2.23. The fraction of sp³-hybridized carbons (Fsp3) is 1.00. The molecule has 0 heterocycles. The second kappa shape index (κ2) is 8.16. The highest BCUT2D eigenvalue weighted by Crippen LogP contribution is 2.27. The molecule has 0 aliphatic heterocycles. The molecular weight excluding hydrogens is 246 g/mol. The first-order valence-corrected chi connectivity index (χ1v) is 9.31. The van der Waals surface area contributed by atoms with E-state index in [9.17, 15) is 8.42 Å². The number of hydrogen-bond acceptors (Lipinski definition) is 3. The van der Waals surface area contributed by atoms with E-state index in [0.717, 1.165) is 25.2 Å². The monoisotopic (exact) mass is 275 g/mol. The zero-order valence-corrected chi connectivity index (χ0v) is 12.6. The molecule has 2 N–H and O–H groups in total. The molecule has 0 radical (unpaired) electrons. The van der Waals surface area contributed by atoms with Crippen LogP contribution in [0.25, 0.3) is 0 Å². The van der Waals surface area contributed by atoms with Gasteiger partial charge in [-0.05, 0) is 31.6 Å². The number of nitrogens with two attached hydrogens (primary N) is 1. The normalized spacial score (nSPS) is 19.9. The summed E-state index contributed by atoms with van der Waals surface area (Å²) in [6, 6.07) is 0.194. The van der Waals surface area contributed by atoms with Crippen LogP contribution in [0.2, 0.25) is 0 Å². The highest BCUT2D eigenvalue weighted by Gasteiger charge is 2.15. The predicted octanol–water partition coefficient (Wildman–Crippen LogP) is 2.89. The minimum absolute atomic E-state index is 0.194. The Morgan fingerprint density at radius 1 is 1.17 bits per heavy atom. The van der Waals surface area contributed by atoms with E-state index in [1.807, 2.05) is 0 Å². The van der Waals surface area contributed by atoms with Crippen LogP contribution in [0.4, 0.5) is 0 Å². The van der Waals surface area contributed by atoms with Crippen LogP contribution in [-0.4, -0.2) is 26.0 Å². The summed E-state index contributed by atoms with van der Waals surface area (Å²) in [7, 11) is -2.81. The summed E-state index contributed by atoms with van der Waals surface area (Å²) in [6.07, 6.45) is 10.8. The van der Waals surface area contributed by atoms with Crippen LogP contribution in [0, 0.1) is 5.92 Å². The van der Waals surface area contributed by atoms with Crippen molar-refractivity contribution in [3.63, 3.8) is 0 Å². The van der Waals surface area contributed by atoms with E-state index in [2.05, 4.69) is 0 Å². The molecule has 0 aromatic rings. The quantitative estimate of drug-likeness (QED) is 0.741. The highest BCUT2D eigenvalue weighted by atomic mass is 32.2. The number of hydrogen-bond donors (Lipinski definition) is 1. The van der Waals surface area contributed by atoms with Crippen molar-refractivity contribution in [3.05, 3.63) is 0 Å². The van der Waals surface area contributed by atoms with E-state index in [0.29, 0.717) is 5.75 Å². The standard InChI is InChI=1S/C14H29NO2S/c1-2-18(16,17)12-6-9-14(15)11-10-13-7-4-3-5-8-13/h13-14H,2-12,15H2,1H3. The van der Waals surface area contributed by atoms with Crippen LogP contribution in [0.1, 0.15) is 64.7 Å². The van der Waals surface area contributed by atoms with E-state index in [1.54, 1.807) is 6.92 Å². The molecule has 3 nitrogen and oxygen atoms in total. The molecule has 0 aromatic heterocycles. The molecule has 0 spiro atoms. The van der Waals surface area contributed by atoms with Crippen LogP contribution < -0.4 is 5.73 Å². The van der Waals surface area contributed by atoms with Crippen LogP contribution in [0.5, 0.6) is 0 Å². The van der Waals surface area contributed by atoms with Gasteiger partial charge in [0.2, 0.25) is 0 Å². The van der Waals surface area contributed by atoms with E-state index in [-0.39, 0.29) is 11.8 Å². The molecule has 1 unspecified atom stereocenters. The number of sulfone groups is 1. The summed E-state index contributed by atoms with van der Waals surface area (Å²) in [5, 5.41) is 0. The summed E-state index contributed by atoms with van der Waals surface area (Å²) in [5.41, 5.74) is 6.07. The van der Waals surface area contributed by atoms with Gasteiger partial charge in [-0.15, -0.1) is 0 Å². The molecule has 1 atom stereocenters. The molecule has 1 rings (SSSR count). The van der Waals surface area contributed by atoms with Gasteiger partial charge in [-0.1, -0.05) is 39.0 Å². The van der Waals surface area contributed by atoms with Crippen molar-refractivity contribution in [2.24, 2.45) is 11.7 Å². The first-order chi connectivity index (χ1) is 8.53. The van der Waals surface area contributed by atoms with Gasteiger partial charge in [-0.2, -0.15) is 0 Å². The summed E-state index contributed by atoms with van der Waals surface area (Å²) in [4.78, 5) is 0. The van der Waals surface area contributed by atoms with Crippen molar-refractivity contribution >= 4 is 9.84 Å². The van der Waals surface area contributed by atoms with Gasteiger partial charge in [0, 0.05) is 11.8 Å². The Morgan fingerprint density at radius 3 is 2.44 bits per heavy atom. The molecule has 4 heteroatoms. The Hall–Kier alpha value is -0.0900. The fourth-order valence-electron chi connectivity index (χ4n) is 2.78. The second-order valence-electron chi connectivity index (χ2n) is 5.72. The summed E-state index contributed by atoms with van der Waals surface area (Å²) >= 11 is 0. The SMILES string of the molecule is CCS(=O)(=O)CCCC(N)CCC1CCCCC1. The molecule has 1 fully saturated rings.